The number of para-hydroxylation sites is 1. The first-order chi connectivity index (χ1) is 36.3. The summed E-state index contributed by atoms with van der Waals surface area (Å²) >= 11 is 0. The summed E-state index contributed by atoms with van der Waals surface area (Å²) in [5, 5.41) is 5.71. The van der Waals surface area contributed by atoms with Crippen LogP contribution in [-0.2, 0) is 29.4 Å². The van der Waals surface area contributed by atoms with Gasteiger partial charge in [0.2, 0.25) is 29.5 Å². The Labute approximate surface area is 437 Å². The molecule has 1 saturated carbocycles. The van der Waals surface area contributed by atoms with Crippen LogP contribution in [-0.4, -0.2) is 128 Å². The quantitative estimate of drug-likeness (QED) is 0.131. The third kappa shape index (κ3) is 8.81. The van der Waals surface area contributed by atoms with Crippen molar-refractivity contribution in [3.05, 3.63) is 90.1 Å². The third-order valence-corrected chi connectivity index (χ3v) is 18.2. The predicted octanol–water partition coefficient (Wildman–Crippen LogP) is 7.85. The Morgan fingerprint density at radius 1 is 0.827 bits per heavy atom. The Kier molecular flexibility index (Phi) is 12.9. The zero-order valence-corrected chi connectivity index (χ0v) is 43.3. The van der Waals surface area contributed by atoms with E-state index in [0.717, 1.165) is 65.2 Å². The van der Waals surface area contributed by atoms with Crippen LogP contribution in [0.3, 0.4) is 0 Å². The molecule has 2 aromatic carbocycles. The van der Waals surface area contributed by atoms with Crippen LogP contribution in [0.5, 0.6) is 0 Å². The first-order valence-electron chi connectivity index (χ1n) is 27.6. The average Bonchev–Trinajstić information content (AvgIpc) is 4.10. The molecule has 0 bridgehead atoms. The summed E-state index contributed by atoms with van der Waals surface area (Å²) in [5.41, 5.74) is 5.30. The number of pyridine rings is 2. The van der Waals surface area contributed by atoms with Crippen molar-refractivity contribution in [1.29, 1.82) is 0 Å². The number of rotatable bonds is 10. The lowest BCUT2D eigenvalue weighted by Gasteiger charge is -2.48. The molecule has 3 aromatic heterocycles. The van der Waals surface area contributed by atoms with Gasteiger partial charge in [0.15, 0.2) is 5.82 Å². The van der Waals surface area contributed by atoms with Gasteiger partial charge < -0.3 is 34.4 Å². The van der Waals surface area contributed by atoms with E-state index in [1.54, 1.807) is 30.7 Å². The molecule has 5 saturated heterocycles. The van der Waals surface area contributed by atoms with E-state index in [1.807, 2.05) is 39.5 Å². The van der Waals surface area contributed by atoms with Crippen LogP contribution in [0.1, 0.15) is 121 Å². The maximum atomic E-state index is 15.3. The summed E-state index contributed by atoms with van der Waals surface area (Å²) < 4.78 is 17.2. The van der Waals surface area contributed by atoms with Crippen molar-refractivity contribution in [2.45, 2.75) is 133 Å². The summed E-state index contributed by atoms with van der Waals surface area (Å²) in [5.74, 6) is -0.127. The number of fused-ring (bicyclic) bond motifs is 3. The summed E-state index contributed by atoms with van der Waals surface area (Å²) in [7, 11) is 0. The van der Waals surface area contributed by atoms with Crippen LogP contribution in [0.2, 0.25) is 0 Å². The number of likely N-dealkylation sites (tertiary alicyclic amines) is 3. The highest BCUT2D eigenvalue weighted by Gasteiger charge is 2.56. The van der Waals surface area contributed by atoms with E-state index in [-0.39, 0.29) is 71.2 Å². The highest BCUT2D eigenvalue weighted by molar-refractivity contribution is 6.10. The molecule has 0 radical (unpaired) electrons. The predicted molar refractivity (Wildman–Crippen MR) is 284 cm³/mol. The van der Waals surface area contributed by atoms with Gasteiger partial charge in [0, 0.05) is 86.7 Å². The molecule has 1 spiro atoms. The molecule has 9 heterocycles. The molecule has 392 valence electrons. The number of aromatic nitrogens is 4. The summed E-state index contributed by atoms with van der Waals surface area (Å²) in [6.07, 6.45) is 12.9. The molecule has 6 fully saturated rings. The van der Waals surface area contributed by atoms with E-state index in [4.69, 9.17) is 9.97 Å². The zero-order valence-electron chi connectivity index (χ0n) is 43.3. The molecule has 5 amide bonds. The number of piperidine rings is 4. The molecule has 7 aliphatic rings. The number of hydrogen-bond donors (Lipinski definition) is 2. The minimum Gasteiger partial charge on any atom is -0.357 e. The number of amides is 5. The van der Waals surface area contributed by atoms with Crippen molar-refractivity contribution in [3.8, 4) is 11.3 Å². The second kappa shape index (κ2) is 19.7. The van der Waals surface area contributed by atoms with Crippen LogP contribution in [0, 0.1) is 17.7 Å². The van der Waals surface area contributed by atoms with Crippen molar-refractivity contribution in [2.24, 2.45) is 11.8 Å². The van der Waals surface area contributed by atoms with Gasteiger partial charge in [0.1, 0.15) is 17.2 Å². The fourth-order valence-corrected chi connectivity index (χ4v) is 13.6. The monoisotopic (exact) mass is 1020 g/mol. The number of benzene rings is 2. The number of halogens is 1. The van der Waals surface area contributed by atoms with Crippen LogP contribution in [0.25, 0.3) is 22.3 Å². The third-order valence-electron chi connectivity index (χ3n) is 18.2. The number of anilines is 4. The lowest BCUT2D eigenvalue weighted by Crippen LogP contribution is -2.58. The smallest absolute Gasteiger partial charge is 0.238 e. The van der Waals surface area contributed by atoms with Gasteiger partial charge in [-0.25, -0.2) is 19.3 Å². The summed E-state index contributed by atoms with van der Waals surface area (Å²) in [6, 6.07) is 19.1. The average molecular weight is 1020 g/mol. The molecular formula is C58H68FN11O5. The Morgan fingerprint density at radius 2 is 1.60 bits per heavy atom. The van der Waals surface area contributed by atoms with Gasteiger partial charge in [0.05, 0.1) is 40.5 Å². The Bertz CT molecular complexity index is 3040. The molecule has 17 heteroatoms. The molecule has 75 heavy (non-hydrogen) atoms. The van der Waals surface area contributed by atoms with Crippen LogP contribution >= 0.6 is 0 Å². The van der Waals surface area contributed by atoms with Gasteiger partial charge in [0.25, 0.3) is 0 Å². The number of carbonyl (C=O) groups is 5. The van der Waals surface area contributed by atoms with Gasteiger partial charge in [-0.3, -0.25) is 29.3 Å². The number of hydrogen-bond acceptors (Lipinski definition) is 11. The first kappa shape index (κ1) is 49.1. The molecule has 3 atom stereocenters. The number of carbonyl (C=O) groups excluding carboxylic acids is 5. The van der Waals surface area contributed by atoms with Crippen LogP contribution in [0.15, 0.2) is 73.2 Å². The molecule has 2 N–H and O–H groups in total. The largest absolute Gasteiger partial charge is 0.357 e. The minimum atomic E-state index is -0.769. The van der Waals surface area contributed by atoms with Crippen molar-refractivity contribution in [2.75, 3.05) is 60.9 Å². The highest BCUT2D eigenvalue weighted by Crippen LogP contribution is 2.52. The van der Waals surface area contributed by atoms with Crippen molar-refractivity contribution in [3.63, 3.8) is 0 Å². The summed E-state index contributed by atoms with van der Waals surface area (Å²) in [4.78, 5) is 93.5. The van der Waals surface area contributed by atoms with E-state index in [9.17, 15) is 19.2 Å². The highest BCUT2D eigenvalue weighted by atomic mass is 19.1. The number of imidazole rings is 1. The molecular weight excluding hydrogens is 950 g/mol. The summed E-state index contributed by atoms with van der Waals surface area (Å²) in [6.45, 7) is 11.2. The minimum absolute atomic E-state index is 0.0664. The number of nitrogens with one attached hydrogen (secondary N) is 2. The lowest BCUT2D eigenvalue weighted by molar-refractivity contribution is -0.142. The van der Waals surface area contributed by atoms with Crippen molar-refractivity contribution >= 4 is 63.6 Å². The second-order valence-corrected chi connectivity index (χ2v) is 22.6. The Balaban J connectivity index is 0.739. The number of nitrogens with zero attached hydrogens (tertiary/aromatic N) is 9. The fraction of sp³-hybridized carbons (Fsp3) is 0.517. The van der Waals surface area contributed by atoms with Crippen LogP contribution < -0.4 is 20.4 Å². The van der Waals surface area contributed by atoms with Crippen molar-refractivity contribution < 1.29 is 28.4 Å². The maximum absolute atomic E-state index is 15.3. The Hall–Kier alpha value is -6.75. The lowest BCUT2D eigenvalue weighted by atomic mass is 9.73. The maximum Gasteiger partial charge on any atom is 0.238 e. The molecule has 1 aliphatic carbocycles. The molecule has 16 nitrogen and oxygen atoms in total. The SMILES string of the molecule is CC(C)n1cnc2cc(-c3ccc4c(c3)N([C@H]3C[C@@H](N5CCCCC5)C3)C(=O)C43CCN(C(=O)[C@@H]4CCN(C(=O)C5CCN(c6ccc(C7CCC(=O)NC7=O)cn6)CC5)[C@@H]4C)CC3)nc(Nc3ccccc3F)c21. The normalized spacial score (nSPS) is 25.3. The number of imide groups is 1. The van der Waals surface area contributed by atoms with Gasteiger partial charge in [-0.2, -0.15) is 0 Å². The van der Waals surface area contributed by atoms with E-state index in [0.29, 0.717) is 101 Å². The zero-order chi connectivity index (χ0) is 51.7. The standard InChI is InChI=1S/C58H68FN11O5/c1-35(2)69-34-61-48-32-47(63-53(52(48)69)62-46-10-6-5-9-45(46)59)38-11-14-44-49(29-38)70(41-30-40(31-41)65-22-7-4-8-23-65)57(75)58(44)20-27-67(28-21-58)56(74)42-19-26-68(36(42)3)55(73)37-17-24-66(25-18-37)50-15-12-39(33-60-50)43-13-16-51(71)64-54(43)72/h5-6,9-12,14-15,29,32-37,40-43H,4,7-8,13,16-28,30-31H2,1-3H3,(H,62,63)(H,64,71,72)/t36-,40-,41+,42-,43?/m1/s1. The van der Waals surface area contributed by atoms with Gasteiger partial charge in [-0.15, -0.1) is 0 Å². The topological polar surface area (TPSA) is 169 Å². The van der Waals surface area contributed by atoms with Crippen LogP contribution in [0.4, 0.5) is 27.4 Å². The molecule has 12 rings (SSSR count). The van der Waals surface area contributed by atoms with Gasteiger partial charge in [-0.1, -0.05) is 36.8 Å². The van der Waals surface area contributed by atoms with E-state index in [2.05, 4.69) is 62.4 Å². The van der Waals surface area contributed by atoms with E-state index < -0.39 is 5.41 Å². The molecule has 5 aromatic rings. The second-order valence-electron chi connectivity index (χ2n) is 22.6. The van der Waals surface area contributed by atoms with E-state index >= 15 is 9.18 Å². The first-order valence-corrected chi connectivity index (χ1v) is 27.6. The Morgan fingerprint density at radius 3 is 2.32 bits per heavy atom. The van der Waals surface area contributed by atoms with Crippen molar-refractivity contribution in [1.82, 2.24) is 39.5 Å². The van der Waals surface area contributed by atoms with Gasteiger partial charge >= 0.3 is 0 Å². The molecule has 1 unspecified atom stereocenters. The van der Waals surface area contributed by atoms with E-state index in [1.165, 1.54) is 25.3 Å². The van der Waals surface area contributed by atoms with Gasteiger partial charge in [-0.05, 0) is 140 Å². The molecule has 6 aliphatic heterocycles. The fourth-order valence-electron chi connectivity index (χ4n) is 13.6.